The fraction of sp³-hybridized carbons (Fsp3) is 0.636. The number of azide groups is 1. The summed E-state index contributed by atoms with van der Waals surface area (Å²) in [6, 6.07) is -1.07. The Kier molecular flexibility index (Phi) is 8.35. The van der Waals surface area contributed by atoms with Crippen molar-refractivity contribution in [2.75, 3.05) is 6.61 Å². The predicted octanol–water partition coefficient (Wildman–Crippen LogP) is 1.03. The molecular formula is C11H15F2N5O11P3Se-. The van der Waals surface area contributed by atoms with Gasteiger partial charge < -0.3 is 0 Å². The molecule has 0 bridgehead atoms. The summed E-state index contributed by atoms with van der Waals surface area (Å²) in [4.78, 5) is 54.5. The second-order valence-corrected chi connectivity index (χ2v) is 14.7. The van der Waals surface area contributed by atoms with Gasteiger partial charge in [-0.15, -0.1) is 0 Å². The molecule has 0 spiro atoms. The molecule has 1 fully saturated rings. The molecule has 2 rings (SSSR count). The molecule has 0 aliphatic carbocycles. The minimum absolute atomic E-state index is 0.142. The van der Waals surface area contributed by atoms with Gasteiger partial charge in [0.25, 0.3) is 0 Å². The number of nitrogens with zero attached hydrogens (tertiary/aromatic N) is 4. The molecule has 1 aromatic rings. The standard InChI is InChI=1S/C11H16F2N5O11P3Se/c1-5-3-18(10(20)15-9(5)19)8-2-6(16-17-14)7(28-8)4-27-32(26,33)29-31(24,25)11(12,13)30(21,22)23/h3,6-8H,2,4H2,1H3,(H,24,25)(H,26,33)(H,15,19,20)(H2,21,22,23)/p-1/t6-,7+,8+,32-/m0/s1. The van der Waals surface area contributed by atoms with E-state index in [1.807, 2.05) is 4.98 Å². The van der Waals surface area contributed by atoms with Crippen molar-refractivity contribution < 1.29 is 50.7 Å². The third-order valence-corrected chi connectivity index (χ3v) is 11.2. The summed E-state index contributed by atoms with van der Waals surface area (Å²) in [7, 11) is -13.0. The Balaban J connectivity index is 2.19. The molecule has 1 unspecified atom stereocenters. The topological polar surface area (TPSA) is 243 Å². The molecule has 33 heavy (non-hydrogen) atoms. The van der Waals surface area contributed by atoms with Gasteiger partial charge in [0.05, 0.1) is 0 Å². The average molecular weight is 603 g/mol. The molecule has 0 radical (unpaired) electrons. The molecular weight excluding hydrogens is 588 g/mol. The van der Waals surface area contributed by atoms with Crippen LogP contribution in [0.4, 0.5) is 8.78 Å². The van der Waals surface area contributed by atoms with Crippen molar-refractivity contribution in [3.05, 3.63) is 43.0 Å². The van der Waals surface area contributed by atoms with E-state index in [9.17, 15) is 37.0 Å². The van der Waals surface area contributed by atoms with Gasteiger partial charge >= 0.3 is 189 Å². The van der Waals surface area contributed by atoms with Gasteiger partial charge in [0, 0.05) is 0 Å². The Morgan fingerprint density at radius 3 is 2.55 bits per heavy atom. The summed E-state index contributed by atoms with van der Waals surface area (Å²) in [5, 5.41) is -2.17. The predicted molar refractivity (Wildman–Crippen MR) is 105 cm³/mol. The number of aromatic nitrogens is 2. The van der Waals surface area contributed by atoms with E-state index in [2.05, 4.69) is 14.3 Å². The number of hydrogen-bond acceptors (Lipinski definition) is 9. The first kappa shape index (κ1) is 28.1. The van der Waals surface area contributed by atoms with Crippen molar-refractivity contribution in [2.24, 2.45) is 5.11 Å². The van der Waals surface area contributed by atoms with Crippen molar-refractivity contribution in [3.8, 4) is 0 Å². The monoisotopic (exact) mass is 604 g/mol. The number of nitrogens with one attached hydrogen (secondary N) is 1. The molecule has 22 heteroatoms. The zero-order valence-electron chi connectivity index (χ0n) is 16.1. The number of rotatable bonds is 9. The molecule has 4 N–H and O–H groups in total. The Labute approximate surface area is 189 Å². The van der Waals surface area contributed by atoms with Crippen LogP contribution < -0.4 is 11.2 Å². The first-order chi connectivity index (χ1) is 14.9. The quantitative estimate of drug-likeness (QED) is 0.102. The number of H-pyrrole nitrogens is 1. The molecule has 1 saturated heterocycles. The number of alkyl halides is 2. The van der Waals surface area contributed by atoms with Gasteiger partial charge in [-0.3, -0.25) is 0 Å². The van der Waals surface area contributed by atoms with E-state index in [4.69, 9.17) is 24.6 Å². The van der Waals surface area contributed by atoms with Gasteiger partial charge in [0.2, 0.25) is 0 Å². The molecule has 1 aliphatic rings. The molecule has 16 nitrogen and oxygen atoms in total. The first-order valence-corrected chi connectivity index (χ1v) is 15.3. The van der Waals surface area contributed by atoms with E-state index in [0.29, 0.717) is 0 Å². The van der Waals surface area contributed by atoms with Crippen LogP contribution in [0.15, 0.2) is 20.9 Å². The molecule has 0 saturated carbocycles. The maximum atomic E-state index is 13.6. The summed E-state index contributed by atoms with van der Waals surface area (Å²) < 4.78 is 76.8. The number of hydrogen-bond donors (Lipinski definition) is 4. The van der Waals surface area contributed by atoms with Gasteiger partial charge in [-0.2, -0.15) is 0 Å². The van der Waals surface area contributed by atoms with Crippen molar-refractivity contribution in [1.29, 1.82) is 0 Å². The van der Waals surface area contributed by atoms with Crippen molar-refractivity contribution in [3.63, 3.8) is 0 Å². The van der Waals surface area contributed by atoms with Crippen LogP contribution in [0.25, 0.3) is 10.4 Å². The fourth-order valence-electron chi connectivity index (χ4n) is 2.56. The van der Waals surface area contributed by atoms with Gasteiger partial charge in [-0.25, -0.2) is 0 Å². The Bertz CT molecular complexity index is 1230. The average Bonchev–Trinajstić information content (AvgIpc) is 3.04. The van der Waals surface area contributed by atoms with Crippen LogP contribution in [0.1, 0.15) is 18.2 Å². The number of aromatic amines is 1. The number of aryl methyl sites for hydroxylation is 1. The summed E-state index contributed by atoms with van der Waals surface area (Å²) in [5.74, 6) is 0. The zero-order chi connectivity index (χ0) is 25.4. The second-order valence-electron chi connectivity index (χ2n) is 6.51. The first-order valence-electron chi connectivity index (χ1n) is 8.37. The summed E-state index contributed by atoms with van der Waals surface area (Å²) in [6.45, 7) is 0.541. The number of halogens is 2. The van der Waals surface area contributed by atoms with E-state index < -0.39 is 63.1 Å². The molecule has 1 aliphatic heterocycles. The van der Waals surface area contributed by atoms with E-state index in [-0.39, 0.29) is 12.0 Å². The molecule has 186 valence electrons. The van der Waals surface area contributed by atoms with E-state index in [1.54, 1.807) is 15.6 Å². The van der Waals surface area contributed by atoms with Crippen molar-refractivity contribution in [2.45, 2.75) is 37.1 Å². The van der Waals surface area contributed by atoms with Crippen LogP contribution in [-0.4, -0.2) is 64.0 Å². The van der Waals surface area contributed by atoms with Crippen LogP contribution in [0.3, 0.4) is 0 Å². The van der Waals surface area contributed by atoms with Gasteiger partial charge in [0.1, 0.15) is 0 Å². The normalized spacial score (nSPS) is 25.1. The minimum atomic E-state index is -6.52. The SMILES string of the molecule is Cc1cn([C@H]2C[C@H](N=[N+]=[N-])[C@@H](CO[P@](=O)([Se-])OP(=O)(O)C(F)(F)P(=O)(O)O)O2)c(=O)[nH]c1=O. The van der Waals surface area contributed by atoms with Gasteiger partial charge in [0.15, 0.2) is 0 Å². The summed E-state index contributed by atoms with van der Waals surface area (Å²) >= 11 is 1.61. The van der Waals surface area contributed by atoms with Crippen molar-refractivity contribution >= 4 is 37.0 Å². The molecule has 0 amide bonds. The maximum absolute atomic E-state index is 13.6. The molecule has 1 aromatic heterocycles. The summed E-state index contributed by atoms with van der Waals surface area (Å²) in [5.41, 5.74) is 7.34. The van der Waals surface area contributed by atoms with Crippen LogP contribution in [0.2, 0.25) is 0 Å². The molecule has 0 aromatic carbocycles. The Morgan fingerprint density at radius 1 is 1.39 bits per heavy atom. The van der Waals surface area contributed by atoms with Gasteiger partial charge in [-0.1, -0.05) is 0 Å². The van der Waals surface area contributed by atoms with E-state index in [1.165, 1.54) is 6.92 Å². The van der Waals surface area contributed by atoms with Crippen LogP contribution in [0, 0.1) is 6.92 Å². The Morgan fingerprint density at radius 2 is 2.00 bits per heavy atom. The fourth-order valence-corrected chi connectivity index (χ4v) is 8.29. The van der Waals surface area contributed by atoms with Crippen LogP contribution in [0.5, 0.6) is 0 Å². The molecule has 5 atom stereocenters. The zero-order valence-corrected chi connectivity index (χ0v) is 20.5. The third kappa shape index (κ3) is 6.28. The van der Waals surface area contributed by atoms with E-state index >= 15 is 0 Å². The summed E-state index contributed by atoms with van der Waals surface area (Å²) in [6.07, 6.45) is -6.36. The third-order valence-electron chi connectivity index (χ3n) is 4.16. The molecule has 2 heterocycles. The number of ether oxygens (including phenoxy) is 1. The van der Waals surface area contributed by atoms with Crippen LogP contribution in [-0.2, 0) is 27.3 Å². The van der Waals surface area contributed by atoms with E-state index in [0.717, 1.165) is 10.8 Å². The van der Waals surface area contributed by atoms with Crippen molar-refractivity contribution in [1.82, 2.24) is 9.55 Å². The Hall–Kier alpha value is -1.18. The van der Waals surface area contributed by atoms with Crippen LogP contribution >= 0.6 is 21.5 Å². The second kappa shape index (κ2) is 9.82. The van der Waals surface area contributed by atoms with Gasteiger partial charge in [-0.05, 0) is 0 Å².